The molecule has 0 heterocycles. The van der Waals surface area contributed by atoms with Crippen LogP contribution >= 0.6 is 0 Å². The van der Waals surface area contributed by atoms with Gasteiger partial charge in [-0.15, -0.1) is 13.2 Å². The SMILES string of the molecule is O=CC(=C1CC1)C(C[N+](=O)[O-])c1ccc(OC(F)(F)F)cc1. The van der Waals surface area contributed by atoms with Gasteiger partial charge in [0.25, 0.3) is 0 Å². The summed E-state index contributed by atoms with van der Waals surface area (Å²) in [4.78, 5) is 21.4. The zero-order valence-electron chi connectivity index (χ0n) is 11.3. The van der Waals surface area contributed by atoms with Gasteiger partial charge in [0, 0.05) is 10.5 Å². The fourth-order valence-electron chi connectivity index (χ4n) is 2.20. The molecule has 0 bridgehead atoms. The molecule has 8 heteroatoms. The van der Waals surface area contributed by atoms with Crippen molar-refractivity contribution in [2.24, 2.45) is 0 Å². The maximum atomic E-state index is 12.1. The van der Waals surface area contributed by atoms with Crippen LogP contribution in [0.25, 0.3) is 0 Å². The van der Waals surface area contributed by atoms with Gasteiger partial charge in [-0.05, 0) is 30.5 Å². The number of allylic oxidation sites excluding steroid dienone is 1. The van der Waals surface area contributed by atoms with Crippen LogP contribution in [-0.2, 0) is 4.79 Å². The third-order valence-corrected chi connectivity index (χ3v) is 3.26. The standard InChI is InChI=1S/C14H12F3NO4/c15-14(16,17)22-11-5-3-9(4-6-11)12(7-18(20)21)13(8-19)10-1-2-10/h3-6,8,12H,1-2,7H2. The molecule has 1 aliphatic rings. The predicted octanol–water partition coefficient (Wildman–Crippen LogP) is 3.23. The van der Waals surface area contributed by atoms with Crippen LogP contribution in [0, 0.1) is 10.1 Å². The maximum absolute atomic E-state index is 12.1. The first-order valence-corrected chi connectivity index (χ1v) is 6.45. The number of hydrogen-bond donors (Lipinski definition) is 0. The largest absolute Gasteiger partial charge is 0.573 e. The van der Waals surface area contributed by atoms with E-state index in [1.807, 2.05) is 0 Å². The quantitative estimate of drug-likeness (QED) is 0.350. The van der Waals surface area contributed by atoms with Gasteiger partial charge in [-0.25, -0.2) is 0 Å². The van der Waals surface area contributed by atoms with Crippen molar-refractivity contribution in [3.63, 3.8) is 0 Å². The van der Waals surface area contributed by atoms with Crippen LogP contribution in [0.5, 0.6) is 5.75 Å². The van der Waals surface area contributed by atoms with E-state index in [9.17, 15) is 28.1 Å². The van der Waals surface area contributed by atoms with Gasteiger partial charge in [0.05, 0.1) is 5.92 Å². The van der Waals surface area contributed by atoms with E-state index in [-0.39, 0.29) is 0 Å². The summed E-state index contributed by atoms with van der Waals surface area (Å²) in [6, 6.07) is 4.77. The molecule has 1 fully saturated rings. The number of ether oxygens (including phenoxy) is 1. The highest BCUT2D eigenvalue weighted by Gasteiger charge is 2.32. The molecule has 0 N–H and O–H groups in total. The number of hydrogen-bond acceptors (Lipinski definition) is 4. The highest BCUT2D eigenvalue weighted by Crippen LogP contribution is 2.38. The van der Waals surface area contributed by atoms with Gasteiger partial charge >= 0.3 is 6.36 Å². The molecule has 0 aliphatic heterocycles. The van der Waals surface area contributed by atoms with Crippen LogP contribution in [0.4, 0.5) is 13.2 Å². The number of halogens is 3. The molecule has 0 radical (unpaired) electrons. The maximum Gasteiger partial charge on any atom is 0.573 e. The molecule has 5 nitrogen and oxygen atoms in total. The first kappa shape index (κ1) is 16.0. The summed E-state index contributed by atoms with van der Waals surface area (Å²) >= 11 is 0. The summed E-state index contributed by atoms with van der Waals surface area (Å²) in [5.41, 5.74) is 1.62. The van der Waals surface area contributed by atoms with Gasteiger partial charge < -0.3 is 4.74 Å². The molecule has 0 aromatic heterocycles. The number of nitro groups is 1. The number of alkyl halides is 3. The first-order valence-electron chi connectivity index (χ1n) is 6.45. The summed E-state index contributed by atoms with van der Waals surface area (Å²) in [5.74, 6) is -1.17. The van der Waals surface area contributed by atoms with Crippen LogP contribution in [-0.4, -0.2) is 24.1 Å². The minimum atomic E-state index is -4.80. The summed E-state index contributed by atoms with van der Waals surface area (Å²) in [5, 5.41) is 10.8. The molecular formula is C14H12F3NO4. The Morgan fingerprint density at radius 2 is 1.91 bits per heavy atom. The molecular weight excluding hydrogens is 303 g/mol. The lowest BCUT2D eigenvalue weighted by molar-refractivity contribution is -0.481. The van der Waals surface area contributed by atoms with Crippen LogP contribution < -0.4 is 4.74 Å². The molecule has 1 aromatic carbocycles. The van der Waals surface area contributed by atoms with Crippen molar-refractivity contribution in [2.45, 2.75) is 25.1 Å². The Morgan fingerprint density at radius 3 is 2.32 bits per heavy atom. The molecule has 1 aromatic rings. The van der Waals surface area contributed by atoms with Gasteiger partial charge in [-0.2, -0.15) is 0 Å². The minimum Gasteiger partial charge on any atom is -0.406 e. The average Bonchev–Trinajstić information content (AvgIpc) is 3.22. The molecule has 118 valence electrons. The van der Waals surface area contributed by atoms with Crippen molar-refractivity contribution in [2.75, 3.05) is 6.54 Å². The van der Waals surface area contributed by atoms with E-state index in [1.54, 1.807) is 0 Å². The lowest BCUT2D eigenvalue weighted by Crippen LogP contribution is -2.18. The molecule has 0 spiro atoms. The molecule has 1 aliphatic carbocycles. The number of benzene rings is 1. The Balaban J connectivity index is 2.26. The summed E-state index contributed by atoms with van der Waals surface area (Å²) < 4.78 is 40.1. The van der Waals surface area contributed by atoms with Crippen molar-refractivity contribution in [1.82, 2.24) is 0 Å². The van der Waals surface area contributed by atoms with E-state index >= 15 is 0 Å². The van der Waals surface area contributed by atoms with E-state index in [0.717, 1.165) is 30.5 Å². The second kappa shape index (κ2) is 6.17. The zero-order chi connectivity index (χ0) is 16.3. The lowest BCUT2D eigenvalue weighted by atomic mass is 9.91. The number of carbonyl (C=O) groups is 1. The third-order valence-electron chi connectivity index (χ3n) is 3.26. The monoisotopic (exact) mass is 315 g/mol. The second-order valence-electron chi connectivity index (χ2n) is 4.86. The molecule has 2 rings (SSSR count). The zero-order valence-corrected chi connectivity index (χ0v) is 11.3. The van der Waals surface area contributed by atoms with Crippen molar-refractivity contribution in [1.29, 1.82) is 0 Å². The molecule has 0 saturated heterocycles. The number of aldehydes is 1. The average molecular weight is 315 g/mol. The van der Waals surface area contributed by atoms with Gasteiger partial charge in [0.2, 0.25) is 6.54 Å². The van der Waals surface area contributed by atoms with Crippen LogP contribution in [0.3, 0.4) is 0 Å². The summed E-state index contributed by atoms with van der Waals surface area (Å²) in [6.45, 7) is -0.489. The van der Waals surface area contributed by atoms with E-state index in [2.05, 4.69) is 4.74 Å². The third kappa shape index (κ3) is 4.31. The minimum absolute atomic E-state index is 0.348. The predicted molar refractivity (Wildman–Crippen MR) is 70.1 cm³/mol. The van der Waals surface area contributed by atoms with Crippen molar-refractivity contribution in [3.8, 4) is 5.75 Å². The Morgan fingerprint density at radius 1 is 1.32 bits per heavy atom. The fourth-order valence-corrected chi connectivity index (χ4v) is 2.20. The normalized spacial score (nSPS) is 15.1. The highest BCUT2D eigenvalue weighted by atomic mass is 19.4. The Hall–Kier alpha value is -2.38. The smallest absolute Gasteiger partial charge is 0.406 e. The second-order valence-corrected chi connectivity index (χ2v) is 4.86. The fraction of sp³-hybridized carbons (Fsp3) is 0.357. The number of carbonyl (C=O) groups excluding carboxylic acids is 1. The van der Waals surface area contributed by atoms with Crippen LogP contribution in [0.1, 0.15) is 24.3 Å². The Bertz CT molecular complexity index is 602. The lowest BCUT2D eigenvalue weighted by Gasteiger charge is -2.14. The molecule has 0 amide bonds. The topological polar surface area (TPSA) is 69.4 Å². The Labute approximate surface area is 123 Å². The molecule has 1 saturated carbocycles. The van der Waals surface area contributed by atoms with Crippen LogP contribution in [0.2, 0.25) is 0 Å². The summed E-state index contributed by atoms with van der Waals surface area (Å²) in [7, 11) is 0. The van der Waals surface area contributed by atoms with Crippen molar-refractivity contribution in [3.05, 3.63) is 51.1 Å². The highest BCUT2D eigenvalue weighted by molar-refractivity contribution is 5.78. The molecule has 1 unspecified atom stereocenters. The van der Waals surface area contributed by atoms with E-state index in [0.29, 0.717) is 17.4 Å². The van der Waals surface area contributed by atoms with Gasteiger partial charge in [0.15, 0.2) is 0 Å². The van der Waals surface area contributed by atoms with Gasteiger partial charge in [-0.3, -0.25) is 14.9 Å². The van der Waals surface area contributed by atoms with E-state index < -0.39 is 29.5 Å². The first-order chi connectivity index (χ1) is 10.3. The van der Waals surface area contributed by atoms with Crippen LogP contribution in [0.15, 0.2) is 35.4 Å². The summed E-state index contributed by atoms with van der Waals surface area (Å²) in [6.07, 6.45) is -2.77. The van der Waals surface area contributed by atoms with Gasteiger partial charge in [-0.1, -0.05) is 17.7 Å². The van der Waals surface area contributed by atoms with Gasteiger partial charge in [0.1, 0.15) is 12.0 Å². The van der Waals surface area contributed by atoms with Crippen molar-refractivity contribution >= 4 is 6.29 Å². The van der Waals surface area contributed by atoms with Crippen molar-refractivity contribution < 1.29 is 27.6 Å². The Kier molecular flexibility index (Phi) is 4.48. The number of rotatable bonds is 6. The van der Waals surface area contributed by atoms with E-state index in [4.69, 9.17) is 0 Å². The molecule has 22 heavy (non-hydrogen) atoms. The number of nitrogens with zero attached hydrogens (tertiary/aromatic N) is 1. The van der Waals surface area contributed by atoms with E-state index in [1.165, 1.54) is 12.1 Å². The molecule has 1 atom stereocenters.